The van der Waals surface area contributed by atoms with Crippen LogP contribution >= 0.6 is 0 Å². The maximum atomic E-state index is 8.89. The lowest BCUT2D eigenvalue weighted by molar-refractivity contribution is -0.931. The Bertz CT molecular complexity index is 194. The first kappa shape index (κ1) is 16.4. The number of aliphatic carboxylic acids is 1. The SMILES string of the molecule is CC(=O)[O-].CCCCC[N+]1(CC)CCCCC1. The molecule has 1 aliphatic heterocycles. The molecule has 0 atom stereocenters. The predicted octanol–water partition coefficient (Wildman–Crippen LogP) is 1.95. The van der Waals surface area contributed by atoms with E-state index in [1.165, 1.54) is 69.2 Å². The second kappa shape index (κ2) is 9.46. The standard InChI is InChI=1S/C12H26N.C2H4O2/c1-3-5-7-10-13(4-2)11-8-6-9-12-13;1-2(3)4/h3-12H2,1-2H3;1H3,(H,3,4)/q+1;/p-1. The van der Waals surface area contributed by atoms with Gasteiger partial charge in [-0.15, -0.1) is 0 Å². The van der Waals surface area contributed by atoms with Crippen molar-refractivity contribution in [3.63, 3.8) is 0 Å². The lowest BCUT2D eigenvalue weighted by atomic mass is 10.1. The van der Waals surface area contributed by atoms with E-state index in [9.17, 15) is 0 Å². The minimum absolute atomic E-state index is 0.972. The molecule has 1 heterocycles. The van der Waals surface area contributed by atoms with Crippen molar-refractivity contribution in [2.75, 3.05) is 26.2 Å². The fourth-order valence-corrected chi connectivity index (χ4v) is 2.58. The van der Waals surface area contributed by atoms with E-state index < -0.39 is 5.97 Å². The maximum Gasteiger partial charge on any atom is 0.0786 e. The highest BCUT2D eigenvalue weighted by Gasteiger charge is 2.26. The summed E-state index contributed by atoms with van der Waals surface area (Å²) in [6.07, 6.45) is 8.67. The van der Waals surface area contributed by atoms with Gasteiger partial charge in [-0.2, -0.15) is 0 Å². The Balaban J connectivity index is 0.000000557. The van der Waals surface area contributed by atoms with Crippen molar-refractivity contribution >= 4 is 5.97 Å². The highest BCUT2D eigenvalue weighted by Crippen LogP contribution is 2.19. The Morgan fingerprint density at radius 3 is 2.06 bits per heavy atom. The molecule has 3 heteroatoms. The van der Waals surface area contributed by atoms with Crippen LogP contribution in [0.5, 0.6) is 0 Å². The molecule has 0 spiro atoms. The van der Waals surface area contributed by atoms with Crippen molar-refractivity contribution < 1.29 is 14.4 Å². The highest BCUT2D eigenvalue weighted by atomic mass is 16.4. The average Bonchev–Trinajstić information content (AvgIpc) is 2.30. The molecule has 0 aromatic heterocycles. The fourth-order valence-electron chi connectivity index (χ4n) is 2.58. The van der Waals surface area contributed by atoms with Crippen molar-refractivity contribution in [2.24, 2.45) is 0 Å². The number of likely N-dealkylation sites (tertiary alicyclic amines) is 1. The van der Waals surface area contributed by atoms with Crippen molar-refractivity contribution in [1.29, 1.82) is 0 Å². The Kier molecular flexibility index (Phi) is 9.14. The lowest BCUT2D eigenvalue weighted by Crippen LogP contribution is -2.51. The first-order chi connectivity index (χ1) is 8.06. The van der Waals surface area contributed by atoms with E-state index in [1.807, 2.05) is 0 Å². The zero-order valence-electron chi connectivity index (χ0n) is 11.8. The summed E-state index contributed by atoms with van der Waals surface area (Å²) < 4.78 is 1.43. The van der Waals surface area contributed by atoms with E-state index in [0.717, 1.165) is 6.92 Å². The molecule has 0 amide bonds. The molecule has 1 aliphatic rings. The van der Waals surface area contributed by atoms with Crippen LogP contribution in [-0.2, 0) is 4.79 Å². The van der Waals surface area contributed by atoms with Gasteiger partial charge >= 0.3 is 0 Å². The van der Waals surface area contributed by atoms with Gasteiger partial charge in [-0.1, -0.05) is 13.3 Å². The molecule has 0 bridgehead atoms. The number of rotatable bonds is 5. The van der Waals surface area contributed by atoms with Crippen LogP contribution in [0.3, 0.4) is 0 Å². The third kappa shape index (κ3) is 8.19. The summed E-state index contributed by atoms with van der Waals surface area (Å²) in [5.41, 5.74) is 0. The van der Waals surface area contributed by atoms with Crippen molar-refractivity contribution in [3.05, 3.63) is 0 Å². The predicted molar refractivity (Wildman–Crippen MR) is 69.5 cm³/mol. The number of hydrogen-bond donors (Lipinski definition) is 0. The van der Waals surface area contributed by atoms with Crippen LogP contribution in [0.15, 0.2) is 0 Å². The Hall–Kier alpha value is -0.570. The van der Waals surface area contributed by atoms with E-state index in [4.69, 9.17) is 9.90 Å². The molecule has 0 radical (unpaired) electrons. The Labute approximate surface area is 106 Å². The van der Waals surface area contributed by atoms with Gasteiger partial charge in [-0.3, -0.25) is 0 Å². The van der Waals surface area contributed by atoms with E-state index in [2.05, 4.69) is 13.8 Å². The summed E-state index contributed by atoms with van der Waals surface area (Å²) in [6.45, 7) is 11.4. The number of carboxylic acid groups (broad SMARTS) is 1. The van der Waals surface area contributed by atoms with Gasteiger partial charge in [0.2, 0.25) is 0 Å². The molecule has 0 aromatic carbocycles. The Morgan fingerprint density at radius 1 is 1.12 bits per heavy atom. The number of hydrogen-bond acceptors (Lipinski definition) is 2. The maximum absolute atomic E-state index is 8.89. The monoisotopic (exact) mass is 243 g/mol. The number of carbonyl (C=O) groups is 1. The number of carboxylic acids is 1. The molecule has 102 valence electrons. The van der Waals surface area contributed by atoms with Crippen LogP contribution in [0.1, 0.15) is 59.3 Å². The van der Waals surface area contributed by atoms with Crippen molar-refractivity contribution in [3.8, 4) is 0 Å². The summed E-state index contributed by atoms with van der Waals surface area (Å²) in [5, 5.41) is 8.89. The largest absolute Gasteiger partial charge is 0.550 e. The minimum atomic E-state index is -1.08. The van der Waals surface area contributed by atoms with Crippen LogP contribution < -0.4 is 5.11 Å². The van der Waals surface area contributed by atoms with Crippen molar-refractivity contribution in [1.82, 2.24) is 0 Å². The first-order valence-corrected chi connectivity index (χ1v) is 7.09. The fraction of sp³-hybridized carbons (Fsp3) is 0.929. The average molecular weight is 243 g/mol. The zero-order valence-corrected chi connectivity index (χ0v) is 11.8. The van der Waals surface area contributed by atoms with E-state index in [0.29, 0.717) is 0 Å². The van der Waals surface area contributed by atoms with Crippen LogP contribution in [0, 0.1) is 0 Å². The molecule has 3 nitrogen and oxygen atoms in total. The summed E-state index contributed by atoms with van der Waals surface area (Å²) in [4.78, 5) is 8.89. The van der Waals surface area contributed by atoms with Crippen LogP contribution in [0.2, 0.25) is 0 Å². The molecule has 1 saturated heterocycles. The number of piperidine rings is 1. The number of quaternary nitrogens is 1. The van der Waals surface area contributed by atoms with E-state index >= 15 is 0 Å². The highest BCUT2D eigenvalue weighted by molar-refractivity contribution is 5.60. The van der Waals surface area contributed by atoms with E-state index in [1.54, 1.807) is 0 Å². The number of carbonyl (C=O) groups excluding carboxylic acids is 1. The van der Waals surface area contributed by atoms with Gasteiger partial charge in [0.1, 0.15) is 0 Å². The van der Waals surface area contributed by atoms with Gasteiger partial charge in [0.15, 0.2) is 0 Å². The molecule has 1 rings (SSSR count). The molecular formula is C14H29NO2. The second-order valence-corrected chi connectivity index (χ2v) is 5.09. The van der Waals surface area contributed by atoms with Gasteiger partial charge in [-0.05, 0) is 46.0 Å². The minimum Gasteiger partial charge on any atom is -0.550 e. The van der Waals surface area contributed by atoms with Crippen molar-refractivity contribution in [2.45, 2.75) is 59.3 Å². The summed E-state index contributed by atoms with van der Waals surface area (Å²) >= 11 is 0. The molecule has 0 N–H and O–H groups in total. The topological polar surface area (TPSA) is 40.1 Å². The zero-order chi connectivity index (χ0) is 13.1. The third-order valence-electron chi connectivity index (χ3n) is 3.67. The molecular weight excluding hydrogens is 214 g/mol. The number of nitrogens with zero attached hydrogens (tertiary/aromatic N) is 1. The molecule has 1 fully saturated rings. The van der Waals surface area contributed by atoms with Crippen LogP contribution in [-0.4, -0.2) is 36.6 Å². The third-order valence-corrected chi connectivity index (χ3v) is 3.67. The van der Waals surface area contributed by atoms with Gasteiger partial charge < -0.3 is 14.4 Å². The lowest BCUT2D eigenvalue weighted by Gasteiger charge is -2.41. The normalized spacial score (nSPS) is 18.1. The summed E-state index contributed by atoms with van der Waals surface area (Å²) in [7, 11) is 0. The van der Waals surface area contributed by atoms with Crippen LogP contribution in [0.4, 0.5) is 0 Å². The van der Waals surface area contributed by atoms with Gasteiger partial charge in [0.05, 0.1) is 26.2 Å². The van der Waals surface area contributed by atoms with Gasteiger partial charge in [0, 0.05) is 5.97 Å². The smallest absolute Gasteiger partial charge is 0.0786 e. The molecule has 0 aromatic rings. The number of unbranched alkanes of at least 4 members (excludes halogenated alkanes) is 2. The Morgan fingerprint density at radius 2 is 1.65 bits per heavy atom. The van der Waals surface area contributed by atoms with Gasteiger partial charge in [-0.25, -0.2) is 0 Å². The molecule has 0 aliphatic carbocycles. The summed E-state index contributed by atoms with van der Waals surface area (Å²) in [6, 6.07) is 0. The molecule has 0 saturated carbocycles. The van der Waals surface area contributed by atoms with Crippen LogP contribution in [0.25, 0.3) is 0 Å². The summed E-state index contributed by atoms with van der Waals surface area (Å²) in [5.74, 6) is -1.08. The van der Waals surface area contributed by atoms with E-state index in [-0.39, 0.29) is 0 Å². The second-order valence-electron chi connectivity index (χ2n) is 5.09. The molecule has 0 unspecified atom stereocenters. The quantitative estimate of drug-likeness (QED) is 0.547. The molecule has 17 heavy (non-hydrogen) atoms. The first-order valence-electron chi connectivity index (χ1n) is 7.09. The van der Waals surface area contributed by atoms with Gasteiger partial charge in [0.25, 0.3) is 0 Å².